The van der Waals surface area contributed by atoms with Crippen LogP contribution in [0.4, 0.5) is 0 Å². The van der Waals surface area contributed by atoms with Crippen molar-refractivity contribution in [2.45, 2.75) is 37.6 Å². The van der Waals surface area contributed by atoms with Crippen molar-refractivity contribution in [1.82, 2.24) is 0 Å². The smallest absolute Gasteiger partial charge is 0.202 e. The van der Waals surface area contributed by atoms with Gasteiger partial charge in [0, 0.05) is 29.5 Å². The number of aliphatic hydroxyl groups excluding tert-OH is 2. The summed E-state index contributed by atoms with van der Waals surface area (Å²) in [6, 6.07) is 4.44. The van der Waals surface area contributed by atoms with Crippen molar-refractivity contribution in [2.24, 2.45) is 0 Å². The highest BCUT2D eigenvalue weighted by molar-refractivity contribution is 6.31. The summed E-state index contributed by atoms with van der Waals surface area (Å²) < 4.78 is 5.18. The number of phenolic OH excluding ortho intramolecular Hbond substituents is 2. The van der Waals surface area contributed by atoms with Crippen LogP contribution in [0.25, 0.3) is 0 Å². The molecule has 2 aromatic rings. The minimum atomic E-state index is -1.77. The molecule has 0 fully saturated rings. The van der Waals surface area contributed by atoms with Crippen LogP contribution in [0.3, 0.4) is 0 Å². The Kier molecular flexibility index (Phi) is 4.20. The van der Waals surface area contributed by atoms with Gasteiger partial charge in [0.2, 0.25) is 5.78 Å². The van der Waals surface area contributed by atoms with Gasteiger partial charge in [0.05, 0.1) is 41.6 Å². The summed E-state index contributed by atoms with van der Waals surface area (Å²) in [6.45, 7) is 1.34. The van der Waals surface area contributed by atoms with E-state index in [0.717, 1.165) is 0 Å². The highest BCUT2D eigenvalue weighted by atomic mass is 16.5. The molecule has 0 amide bonds. The Morgan fingerprint density at radius 3 is 2.38 bits per heavy atom. The second-order valence-corrected chi connectivity index (χ2v) is 7.56. The lowest BCUT2D eigenvalue weighted by molar-refractivity contribution is -0.0999. The van der Waals surface area contributed by atoms with E-state index in [1.165, 1.54) is 32.2 Å². The van der Waals surface area contributed by atoms with E-state index < -0.39 is 52.0 Å². The highest BCUT2D eigenvalue weighted by Crippen LogP contribution is 2.51. The van der Waals surface area contributed by atoms with Crippen molar-refractivity contribution in [1.29, 1.82) is 0 Å². The number of ether oxygens (including phenoxy) is 1. The summed E-state index contributed by atoms with van der Waals surface area (Å²) in [7, 11) is 1.34. The number of carbonyl (C=O) groups is 2. The van der Waals surface area contributed by atoms with Gasteiger partial charge in [-0.15, -0.1) is 0 Å². The fraction of sp³-hybridized carbons (Fsp3) is 0.333. The number of ketones is 2. The van der Waals surface area contributed by atoms with E-state index in [0.29, 0.717) is 0 Å². The SMILES string of the molecule is COc1cccc2c1C(=O)c1c(O)c3c(c(O)c1C2=O)C[C@@](O)([C@@H](C)O)C[C@@H]3O. The quantitative estimate of drug-likeness (QED) is 0.400. The van der Waals surface area contributed by atoms with Gasteiger partial charge < -0.3 is 30.3 Å². The van der Waals surface area contributed by atoms with Crippen LogP contribution in [0.15, 0.2) is 18.2 Å². The number of aromatic hydroxyl groups is 2. The molecule has 5 N–H and O–H groups in total. The monoisotopic (exact) mass is 400 g/mol. The van der Waals surface area contributed by atoms with Crippen LogP contribution in [0.2, 0.25) is 0 Å². The Hall–Kier alpha value is -2.94. The summed E-state index contributed by atoms with van der Waals surface area (Å²) in [5.74, 6) is -2.48. The standard InChI is InChI=1S/C21H20O8/c1-8(22)21(28)6-10-13(11(23)7-21)19(26)16-15(18(10)25)17(24)9-4-3-5-12(29-2)14(9)20(16)27/h3-5,8,11,22-23,25-26,28H,6-7H2,1-2H3/t8-,11+,21+/m1/s1. The summed E-state index contributed by atoms with van der Waals surface area (Å²) in [5.41, 5.74) is -2.81. The second kappa shape index (κ2) is 6.28. The lowest BCUT2D eigenvalue weighted by Gasteiger charge is -2.39. The van der Waals surface area contributed by atoms with Crippen LogP contribution < -0.4 is 4.74 Å². The number of methoxy groups -OCH3 is 1. The first kappa shape index (κ1) is 19.4. The predicted octanol–water partition coefficient (Wildman–Crippen LogP) is 0.973. The molecule has 2 aliphatic carbocycles. The van der Waals surface area contributed by atoms with Gasteiger partial charge in [-0.05, 0) is 13.0 Å². The largest absolute Gasteiger partial charge is 0.507 e. The molecule has 0 spiro atoms. The van der Waals surface area contributed by atoms with Gasteiger partial charge in [-0.1, -0.05) is 12.1 Å². The molecule has 2 aliphatic rings. The van der Waals surface area contributed by atoms with Gasteiger partial charge in [0.1, 0.15) is 17.2 Å². The third kappa shape index (κ3) is 2.50. The maximum absolute atomic E-state index is 13.2. The van der Waals surface area contributed by atoms with Crippen LogP contribution in [0.5, 0.6) is 17.2 Å². The maximum atomic E-state index is 13.2. The number of phenols is 2. The first-order valence-corrected chi connectivity index (χ1v) is 9.08. The Morgan fingerprint density at radius 2 is 1.76 bits per heavy atom. The van der Waals surface area contributed by atoms with E-state index in [9.17, 15) is 35.1 Å². The molecule has 0 heterocycles. The number of benzene rings is 2. The number of hydrogen-bond acceptors (Lipinski definition) is 8. The van der Waals surface area contributed by atoms with E-state index in [-0.39, 0.29) is 40.8 Å². The van der Waals surface area contributed by atoms with Crippen molar-refractivity contribution < 1.29 is 39.9 Å². The molecule has 8 heteroatoms. The summed E-state index contributed by atoms with van der Waals surface area (Å²) in [5, 5.41) is 52.8. The molecule has 29 heavy (non-hydrogen) atoms. The normalized spacial score (nSPS) is 23.8. The molecule has 0 aliphatic heterocycles. The van der Waals surface area contributed by atoms with E-state index >= 15 is 0 Å². The zero-order valence-electron chi connectivity index (χ0n) is 15.8. The fourth-order valence-corrected chi connectivity index (χ4v) is 4.29. The summed E-state index contributed by atoms with van der Waals surface area (Å²) in [6.07, 6.45) is -3.33. The van der Waals surface area contributed by atoms with Crippen molar-refractivity contribution in [3.05, 3.63) is 51.6 Å². The lowest BCUT2D eigenvalue weighted by atomic mass is 9.71. The van der Waals surface area contributed by atoms with Crippen molar-refractivity contribution >= 4 is 11.6 Å². The fourth-order valence-electron chi connectivity index (χ4n) is 4.29. The molecule has 2 aromatic carbocycles. The van der Waals surface area contributed by atoms with Gasteiger partial charge in [-0.3, -0.25) is 9.59 Å². The first-order valence-electron chi connectivity index (χ1n) is 9.08. The van der Waals surface area contributed by atoms with Crippen LogP contribution in [-0.2, 0) is 6.42 Å². The Labute approximate surface area is 165 Å². The first-order chi connectivity index (χ1) is 13.6. The zero-order chi connectivity index (χ0) is 21.2. The summed E-state index contributed by atoms with van der Waals surface area (Å²) in [4.78, 5) is 26.3. The average molecular weight is 400 g/mol. The maximum Gasteiger partial charge on any atom is 0.202 e. The molecule has 0 saturated carbocycles. The molecule has 0 bridgehead atoms. The number of rotatable bonds is 2. The minimum absolute atomic E-state index is 0.0126. The molecule has 0 aromatic heterocycles. The van der Waals surface area contributed by atoms with Crippen LogP contribution >= 0.6 is 0 Å². The third-order valence-electron chi connectivity index (χ3n) is 5.90. The van der Waals surface area contributed by atoms with E-state index in [1.54, 1.807) is 0 Å². The van der Waals surface area contributed by atoms with Gasteiger partial charge in [-0.2, -0.15) is 0 Å². The predicted molar refractivity (Wildman–Crippen MR) is 99.5 cm³/mol. The molecule has 3 atom stereocenters. The Morgan fingerprint density at radius 1 is 1.10 bits per heavy atom. The second-order valence-electron chi connectivity index (χ2n) is 7.56. The van der Waals surface area contributed by atoms with Gasteiger partial charge in [0.25, 0.3) is 0 Å². The average Bonchev–Trinajstić information content (AvgIpc) is 2.67. The topological polar surface area (TPSA) is 145 Å². The van der Waals surface area contributed by atoms with Crippen molar-refractivity contribution in [3.8, 4) is 17.2 Å². The van der Waals surface area contributed by atoms with Gasteiger partial charge in [-0.25, -0.2) is 0 Å². The van der Waals surface area contributed by atoms with E-state index in [1.807, 2.05) is 0 Å². The molecule has 8 nitrogen and oxygen atoms in total. The number of hydrogen-bond donors (Lipinski definition) is 5. The lowest BCUT2D eigenvalue weighted by Crippen LogP contribution is -2.47. The van der Waals surface area contributed by atoms with Crippen LogP contribution in [0, 0.1) is 0 Å². The molecule has 4 rings (SSSR count). The minimum Gasteiger partial charge on any atom is -0.507 e. The van der Waals surface area contributed by atoms with Gasteiger partial charge >= 0.3 is 0 Å². The molecular weight excluding hydrogens is 380 g/mol. The molecule has 0 unspecified atom stereocenters. The van der Waals surface area contributed by atoms with Gasteiger partial charge in [0.15, 0.2) is 5.78 Å². The van der Waals surface area contributed by atoms with Crippen molar-refractivity contribution in [2.75, 3.05) is 7.11 Å². The molecule has 0 saturated heterocycles. The van der Waals surface area contributed by atoms with Crippen LogP contribution in [0.1, 0.15) is 62.4 Å². The van der Waals surface area contributed by atoms with E-state index in [2.05, 4.69) is 0 Å². The molecular formula is C21H20O8. The zero-order valence-corrected chi connectivity index (χ0v) is 15.8. The highest BCUT2D eigenvalue weighted by Gasteiger charge is 2.47. The van der Waals surface area contributed by atoms with Crippen molar-refractivity contribution in [3.63, 3.8) is 0 Å². The van der Waals surface area contributed by atoms with E-state index in [4.69, 9.17) is 4.74 Å². The molecule has 0 radical (unpaired) electrons. The Bertz CT molecular complexity index is 1070. The molecule has 152 valence electrons. The summed E-state index contributed by atoms with van der Waals surface area (Å²) >= 11 is 0. The van der Waals surface area contributed by atoms with Crippen LogP contribution in [-0.4, -0.2) is 55.9 Å². The number of carbonyl (C=O) groups excluding carboxylic acids is 2. The number of aliphatic hydroxyl groups is 3. The Balaban J connectivity index is 2.02. The number of fused-ring (bicyclic) bond motifs is 3. The third-order valence-corrected chi connectivity index (χ3v) is 5.90.